The fourth-order valence-corrected chi connectivity index (χ4v) is 3.12. The average molecular weight is 291 g/mol. The Bertz CT molecular complexity index is 408. The molecule has 0 bridgehead atoms. The Kier molecular flexibility index (Phi) is 6.07. The van der Waals surface area contributed by atoms with E-state index in [-0.39, 0.29) is 11.5 Å². The van der Waals surface area contributed by atoms with Crippen molar-refractivity contribution in [3.63, 3.8) is 0 Å². The summed E-state index contributed by atoms with van der Waals surface area (Å²) in [5, 5.41) is 13.2. The number of benzene rings is 1. The van der Waals surface area contributed by atoms with E-state index < -0.39 is 0 Å². The maximum Gasteiger partial charge on any atom is 0.119 e. The molecule has 0 saturated heterocycles. The van der Waals surface area contributed by atoms with Gasteiger partial charge in [-0.1, -0.05) is 31.4 Å². The van der Waals surface area contributed by atoms with E-state index in [1.165, 1.54) is 24.8 Å². The van der Waals surface area contributed by atoms with Gasteiger partial charge in [0.25, 0.3) is 0 Å². The second-order valence-corrected chi connectivity index (χ2v) is 6.63. The first-order valence-corrected chi connectivity index (χ1v) is 8.21. The number of ether oxygens (including phenoxy) is 1. The molecule has 0 unspecified atom stereocenters. The third-order valence-corrected chi connectivity index (χ3v) is 4.37. The minimum absolute atomic E-state index is 0.110. The van der Waals surface area contributed by atoms with Gasteiger partial charge in [-0.05, 0) is 44.4 Å². The summed E-state index contributed by atoms with van der Waals surface area (Å²) in [6.45, 7) is 6.14. The first kappa shape index (κ1) is 16.3. The van der Waals surface area contributed by atoms with Crippen LogP contribution in [-0.4, -0.2) is 24.4 Å². The van der Waals surface area contributed by atoms with Crippen LogP contribution in [-0.2, 0) is 6.54 Å². The summed E-state index contributed by atoms with van der Waals surface area (Å²) in [5.74, 6) is 0.924. The van der Waals surface area contributed by atoms with Crippen molar-refractivity contribution in [2.45, 2.75) is 58.6 Å². The maximum atomic E-state index is 9.70. The highest BCUT2D eigenvalue weighted by atomic mass is 16.5. The molecule has 0 spiro atoms. The fraction of sp³-hybridized carbons (Fsp3) is 0.667. The average Bonchev–Trinajstić information content (AvgIpc) is 2.49. The molecule has 0 radical (unpaired) electrons. The van der Waals surface area contributed by atoms with Crippen LogP contribution in [0, 0.1) is 5.41 Å². The van der Waals surface area contributed by atoms with E-state index in [0.29, 0.717) is 6.61 Å². The van der Waals surface area contributed by atoms with Crippen LogP contribution in [0.2, 0.25) is 0 Å². The zero-order valence-electron chi connectivity index (χ0n) is 13.4. The Balaban J connectivity index is 1.79. The molecule has 0 atom stereocenters. The van der Waals surface area contributed by atoms with Gasteiger partial charge in [0.15, 0.2) is 0 Å². The van der Waals surface area contributed by atoms with Crippen molar-refractivity contribution in [1.82, 2.24) is 5.32 Å². The van der Waals surface area contributed by atoms with Gasteiger partial charge in [-0.25, -0.2) is 0 Å². The van der Waals surface area contributed by atoms with Crippen molar-refractivity contribution in [3.8, 4) is 5.75 Å². The molecule has 1 saturated carbocycles. The SMILES string of the molecule is CC(C)Oc1ccc(CNCC2(CO)CCCCC2)cc1. The van der Waals surface area contributed by atoms with Crippen LogP contribution in [0.4, 0.5) is 0 Å². The lowest BCUT2D eigenvalue weighted by atomic mass is 9.74. The normalized spacial score (nSPS) is 17.9. The van der Waals surface area contributed by atoms with Crippen LogP contribution in [0.25, 0.3) is 0 Å². The summed E-state index contributed by atoms with van der Waals surface area (Å²) in [5.41, 5.74) is 1.37. The molecule has 1 aliphatic carbocycles. The van der Waals surface area contributed by atoms with Gasteiger partial charge >= 0.3 is 0 Å². The third-order valence-electron chi connectivity index (χ3n) is 4.37. The second kappa shape index (κ2) is 7.81. The molecule has 1 aromatic carbocycles. The number of aliphatic hydroxyl groups is 1. The minimum atomic E-state index is 0.110. The van der Waals surface area contributed by atoms with Gasteiger partial charge < -0.3 is 15.2 Å². The molecule has 3 nitrogen and oxygen atoms in total. The predicted octanol–water partition coefficient (Wildman–Crippen LogP) is 3.51. The van der Waals surface area contributed by atoms with E-state index in [2.05, 4.69) is 17.4 Å². The van der Waals surface area contributed by atoms with Crippen molar-refractivity contribution < 1.29 is 9.84 Å². The number of nitrogens with one attached hydrogen (secondary N) is 1. The molecule has 1 fully saturated rings. The number of hydrogen-bond acceptors (Lipinski definition) is 3. The second-order valence-electron chi connectivity index (χ2n) is 6.63. The zero-order chi connectivity index (χ0) is 15.1. The number of rotatable bonds is 7. The van der Waals surface area contributed by atoms with Gasteiger partial charge in [0, 0.05) is 25.1 Å². The fourth-order valence-electron chi connectivity index (χ4n) is 3.12. The van der Waals surface area contributed by atoms with Crippen molar-refractivity contribution in [2.24, 2.45) is 5.41 Å². The van der Waals surface area contributed by atoms with Crippen LogP contribution < -0.4 is 10.1 Å². The van der Waals surface area contributed by atoms with Crippen LogP contribution in [0.1, 0.15) is 51.5 Å². The van der Waals surface area contributed by atoms with E-state index >= 15 is 0 Å². The molecule has 2 rings (SSSR count). The largest absolute Gasteiger partial charge is 0.491 e. The van der Waals surface area contributed by atoms with Gasteiger partial charge in [0.2, 0.25) is 0 Å². The molecule has 1 aliphatic rings. The summed E-state index contributed by atoms with van der Waals surface area (Å²) in [7, 11) is 0. The molecule has 3 heteroatoms. The molecule has 2 N–H and O–H groups in total. The summed E-state index contributed by atoms with van der Waals surface area (Å²) in [4.78, 5) is 0. The molecular formula is C18H29NO2. The van der Waals surface area contributed by atoms with E-state index in [9.17, 15) is 5.11 Å². The molecule has 1 aromatic rings. The molecule has 21 heavy (non-hydrogen) atoms. The number of hydrogen-bond donors (Lipinski definition) is 2. The first-order valence-electron chi connectivity index (χ1n) is 8.21. The molecule has 0 heterocycles. The smallest absolute Gasteiger partial charge is 0.119 e. The van der Waals surface area contributed by atoms with Crippen molar-refractivity contribution in [1.29, 1.82) is 0 Å². The summed E-state index contributed by atoms with van der Waals surface area (Å²) < 4.78 is 5.65. The van der Waals surface area contributed by atoms with Gasteiger partial charge in [-0.3, -0.25) is 0 Å². The van der Waals surface area contributed by atoms with E-state index in [1.807, 2.05) is 26.0 Å². The zero-order valence-corrected chi connectivity index (χ0v) is 13.4. The highest BCUT2D eigenvalue weighted by Gasteiger charge is 2.30. The van der Waals surface area contributed by atoms with E-state index in [1.54, 1.807) is 0 Å². The van der Waals surface area contributed by atoms with Crippen LogP contribution in [0.3, 0.4) is 0 Å². The van der Waals surface area contributed by atoms with E-state index in [4.69, 9.17) is 4.74 Å². The van der Waals surface area contributed by atoms with Crippen LogP contribution >= 0.6 is 0 Å². The Morgan fingerprint density at radius 1 is 1.14 bits per heavy atom. The Labute approximate surface area is 128 Å². The van der Waals surface area contributed by atoms with Gasteiger partial charge in [-0.2, -0.15) is 0 Å². The summed E-state index contributed by atoms with van der Waals surface area (Å²) in [6, 6.07) is 8.27. The Morgan fingerprint density at radius 3 is 2.38 bits per heavy atom. The highest BCUT2D eigenvalue weighted by molar-refractivity contribution is 5.27. The maximum absolute atomic E-state index is 9.70. The molecule has 0 aromatic heterocycles. The van der Waals surface area contributed by atoms with Crippen molar-refractivity contribution >= 4 is 0 Å². The van der Waals surface area contributed by atoms with Crippen molar-refractivity contribution in [3.05, 3.63) is 29.8 Å². The van der Waals surface area contributed by atoms with Crippen LogP contribution in [0.5, 0.6) is 5.75 Å². The lowest BCUT2D eigenvalue weighted by Gasteiger charge is -2.35. The Hall–Kier alpha value is -1.06. The standard InChI is InChI=1S/C18H29NO2/c1-15(2)21-17-8-6-16(7-9-17)12-19-13-18(14-20)10-4-3-5-11-18/h6-9,15,19-20H,3-5,10-14H2,1-2H3. The lowest BCUT2D eigenvalue weighted by molar-refractivity contribution is 0.0810. The number of aliphatic hydroxyl groups excluding tert-OH is 1. The molecule has 0 amide bonds. The predicted molar refractivity (Wildman–Crippen MR) is 86.5 cm³/mol. The first-order chi connectivity index (χ1) is 10.1. The molecular weight excluding hydrogens is 262 g/mol. The summed E-state index contributed by atoms with van der Waals surface area (Å²) >= 11 is 0. The van der Waals surface area contributed by atoms with E-state index in [0.717, 1.165) is 31.7 Å². The summed E-state index contributed by atoms with van der Waals surface area (Å²) in [6.07, 6.45) is 6.34. The Morgan fingerprint density at radius 2 is 1.81 bits per heavy atom. The minimum Gasteiger partial charge on any atom is -0.491 e. The van der Waals surface area contributed by atoms with Gasteiger partial charge in [-0.15, -0.1) is 0 Å². The molecule has 0 aliphatic heterocycles. The van der Waals surface area contributed by atoms with Crippen molar-refractivity contribution in [2.75, 3.05) is 13.2 Å². The van der Waals surface area contributed by atoms with Gasteiger partial charge in [0.05, 0.1) is 6.10 Å². The molecule has 118 valence electrons. The topological polar surface area (TPSA) is 41.5 Å². The van der Waals surface area contributed by atoms with Gasteiger partial charge in [0.1, 0.15) is 5.75 Å². The monoisotopic (exact) mass is 291 g/mol. The quantitative estimate of drug-likeness (QED) is 0.808. The highest BCUT2D eigenvalue weighted by Crippen LogP contribution is 2.35. The lowest BCUT2D eigenvalue weighted by Crippen LogP contribution is -2.38. The van der Waals surface area contributed by atoms with Crippen LogP contribution in [0.15, 0.2) is 24.3 Å². The third kappa shape index (κ3) is 5.01.